The molecule has 10 heteroatoms. The third-order valence-electron chi connectivity index (χ3n) is 15.3. The maximum Gasteiger partial charge on any atom is 0.309 e. The van der Waals surface area contributed by atoms with Gasteiger partial charge in [-0.2, -0.15) is 0 Å². The van der Waals surface area contributed by atoms with E-state index < -0.39 is 23.6 Å². The number of aromatic hydroxyl groups is 2. The van der Waals surface area contributed by atoms with Crippen molar-refractivity contribution in [1.29, 1.82) is 0 Å². The number of aromatic nitrogens is 2. The number of H-pyrrole nitrogens is 1. The molecule has 0 bridgehead atoms. The van der Waals surface area contributed by atoms with E-state index in [1.807, 2.05) is 42.5 Å². The molecule has 2 aromatic heterocycles. The zero-order valence-corrected chi connectivity index (χ0v) is 38.0. The second-order valence-electron chi connectivity index (χ2n) is 19.7. The maximum absolute atomic E-state index is 13.2. The lowest BCUT2D eigenvalue weighted by Crippen LogP contribution is -2.42. The Morgan fingerprint density at radius 1 is 0.875 bits per heavy atom. The lowest BCUT2D eigenvalue weighted by molar-refractivity contribution is -0.150. The fourth-order valence-corrected chi connectivity index (χ4v) is 12.0. The van der Waals surface area contributed by atoms with Crippen LogP contribution in [-0.2, 0) is 24.1 Å². The van der Waals surface area contributed by atoms with Gasteiger partial charge >= 0.3 is 5.97 Å². The molecule has 10 atom stereocenters. The Hall–Kier alpha value is -4.64. The van der Waals surface area contributed by atoms with Gasteiger partial charge in [0.15, 0.2) is 0 Å². The summed E-state index contributed by atoms with van der Waals surface area (Å²) >= 11 is 0. The van der Waals surface area contributed by atoms with E-state index in [1.54, 1.807) is 12.3 Å². The van der Waals surface area contributed by atoms with Crippen molar-refractivity contribution in [2.75, 3.05) is 5.73 Å². The van der Waals surface area contributed by atoms with E-state index in [0.717, 1.165) is 72.2 Å². The Labute approximate surface area is 380 Å². The second-order valence-corrected chi connectivity index (χ2v) is 19.7. The normalized spacial score (nSPS) is 28.5. The van der Waals surface area contributed by atoms with Gasteiger partial charge in [-0.05, 0) is 142 Å². The Balaban J connectivity index is 1.19. The Bertz CT molecular complexity index is 2170. The van der Waals surface area contributed by atoms with Gasteiger partial charge < -0.3 is 41.4 Å². The van der Waals surface area contributed by atoms with Crippen LogP contribution in [-0.4, -0.2) is 64.4 Å². The van der Waals surface area contributed by atoms with Crippen molar-refractivity contribution >= 4 is 11.8 Å². The number of anilines is 1. The molecule has 0 radical (unpaired) electrons. The number of nitrogens with one attached hydrogen (secondary N) is 1. The minimum absolute atomic E-state index is 0.0160. The van der Waals surface area contributed by atoms with Crippen LogP contribution in [0.4, 0.5) is 5.82 Å². The van der Waals surface area contributed by atoms with Crippen molar-refractivity contribution in [3.05, 3.63) is 107 Å². The number of hydrogen-bond donors (Lipinski definition) is 8. The number of benzene rings is 2. The van der Waals surface area contributed by atoms with Crippen LogP contribution in [0.3, 0.4) is 0 Å². The number of unbranched alkanes of at least 4 members (excludes halogenated alkanes) is 3. The molecule has 4 aromatic rings. The Morgan fingerprint density at radius 2 is 1.66 bits per heavy atom. The number of nitrogen functional groups attached to an aromatic ring is 1. The number of carbonyl (C=O) groups is 1. The van der Waals surface area contributed by atoms with Crippen molar-refractivity contribution < 1.29 is 35.4 Å². The van der Waals surface area contributed by atoms with Gasteiger partial charge in [0.1, 0.15) is 17.3 Å². The number of aliphatic hydroxyl groups is 3. The fourth-order valence-electron chi connectivity index (χ4n) is 12.0. The van der Waals surface area contributed by atoms with Crippen LogP contribution in [0.2, 0.25) is 0 Å². The first-order chi connectivity index (χ1) is 30.8. The van der Waals surface area contributed by atoms with Crippen LogP contribution in [0.25, 0.3) is 11.3 Å². The molecular weight excluding hydrogens is 803 g/mol. The molecule has 3 aliphatic rings. The highest BCUT2D eigenvalue weighted by molar-refractivity contribution is 5.73. The zero-order chi connectivity index (χ0) is 45.4. The molecule has 2 saturated carbocycles. The quantitative estimate of drug-likeness (QED) is 0.0376. The molecule has 10 nitrogen and oxygen atoms in total. The topological polar surface area (TPSA) is 193 Å². The predicted octanol–water partition coefficient (Wildman–Crippen LogP) is 10.3. The molecule has 3 aliphatic carbocycles. The van der Waals surface area contributed by atoms with E-state index in [9.17, 15) is 35.4 Å². The molecule has 9 N–H and O–H groups in total. The number of pyridine rings is 1. The number of carboxylic acids is 1. The Kier molecular flexibility index (Phi) is 15.9. The lowest BCUT2D eigenvalue weighted by atomic mass is 9.69. The van der Waals surface area contributed by atoms with Crippen molar-refractivity contribution in [3.63, 3.8) is 0 Å². The van der Waals surface area contributed by atoms with E-state index >= 15 is 0 Å². The standard InChI is InChI=1S/C54H73N3O7/c1-3-5-7-12-35-17-18-39(48(60)28-35)15-10-11-16-40-19-20-42(45-27-37(25-36-22-24-56-50(55)29-36)33-54(45,64)23-21-47(59)51(40)53(62)63)46-30-38(4-2)52(57-46)44-31-41(58)32-49(61)43(44)26-34-13-8-6-9-14-34/h6,8-9,13-14,17-18,22,24,29-32,35,37,39-40,42,45,47-48,51,57-61,64H,3-5,7,10-12,15-16,19-21,23,25-28,33H2,1-2H3,(H2,55,56)(H,62,63)/t35-,37+,39-,40+,42-,45+,47+,48-,51+,54+/m1/s1. The molecule has 0 spiro atoms. The van der Waals surface area contributed by atoms with Gasteiger partial charge in [-0.3, -0.25) is 4.79 Å². The van der Waals surface area contributed by atoms with Crippen LogP contribution < -0.4 is 5.73 Å². The molecule has 0 unspecified atom stereocenters. The molecule has 2 heterocycles. The minimum atomic E-state index is -1.16. The van der Waals surface area contributed by atoms with Crippen LogP contribution in [0, 0.1) is 35.5 Å². The van der Waals surface area contributed by atoms with Gasteiger partial charge in [0, 0.05) is 53.0 Å². The average molecular weight is 876 g/mol. The van der Waals surface area contributed by atoms with Crippen LogP contribution in [0.15, 0.2) is 79.0 Å². The van der Waals surface area contributed by atoms with Gasteiger partial charge in [0.05, 0.1) is 23.7 Å². The zero-order valence-electron chi connectivity index (χ0n) is 38.0. The summed E-state index contributed by atoms with van der Waals surface area (Å²) in [6.07, 6.45) is 18.2. The van der Waals surface area contributed by atoms with Gasteiger partial charge in [-0.15, -0.1) is 0 Å². The van der Waals surface area contributed by atoms with Crippen molar-refractivity contribution in [2.45, 2.75) is 153 Å². The lowest BCUT2D eigenvalue weighted by Gasteiger charge is -2.40. The highest BCUT2D eigenvalue weighted by Gasteiger charge is 2.51. The maximum atomic E-state index is 13.2. The van der Waals surface area contributed by atoms with Gasteiger partial charge in [-0.1, -0.05) is 88.4 Å². The molecule has 0 saturated heterocycles. The van der Waals surface area contributed by atoms with Gasteiger partial charge in [-0.25, -0.2) is 4.98 Å². The molecule has 7 rings (SSSR count). The number of nitrogens with zero attached hydrogens (tertiary/aromatic N) is 1. The summed E-state index contributed by atoms with van der Waals surface area (Å²) in [5, 5.41) is 68.6. The number of phenols is 2. The van der Waals surface area contributed by atoms with Crippen LogP contribution in [0.5, 0.6) is 11.5 Å². The number of carboxylic acid groups (broad SMARTS) is 1. The molecule has 64 heavy (non-hydrogen) atoms. The molecule has 2 aromatic carbocycles. The number of aliphatic hydroxyl groups excluding tert-OH is 2. The fraction of sp³-hybridized carbons (Fsp3) is 0.556. The largest absolute Gasteiger partial charge is 0.508 e. The second kappa shape index (κ2) is 21.6. The number of rotatable bonds is 17. The monoisotopic (exact) mass is 876 g/mol. The molecule has 0 amide bonds. The number of fused-ring (bicyclic) bond motifs is 1. The predicted molar refractivity (Wildman–Crippen MR) is 253 cm³/mol. The van der Waals surface area contributed by atoms with E-state index in [1.165, 1.54) is 25.3 Å². The van der Waals surface area contributed by atoms with Crippen molar-refractivity contribution in [2.24, 2.45) is 35.5 Å². The van der Waals surface area contributed by atoms with Crippen molar-refractivity contribution in [1.82, 2.24) is 9.97 Å². The number of aliphatic carboxylic acids is 1. The number of nitrogens with two attached hydrogens (primary N) is 1. The third-order valence-corrected chi connectivity index (χ3v) is 15.3. The molecule has 2 fully saturated rings. The molecule has 0 aliphatic heterocycles. The first-order valence-electron chi connectivity index (χ1n) is 24.4. The third kappa shape index (κ3) is 11.4. The SMILES string of the molecule is CCCCC[C@@H]1C=C[C@@H](CCCC[C@H]2CC[C@@H](c3cc(CC)c(-c4cc(O)cc(O)c4Cc4ccccc4)[nH]3)[C@@H]3C[C@H](Cc4ccnc(N)c4)C[C@@]3(O)CC[C@H](O)[C@H]2C(=O)O)[C@H](O)C1. The summed E-state index contributed by atoms with van der Waals surface area (Å²) in [5.41, 5.74) is 11.2. The summed E-state index contributed by atoms with van der Waals surface area (Å²) in [5.74, 6) is -1.51. The minimum Gasteiger partial charge on any atom is -0.508 e. The smallest absolute Gasteiger partial charge is 0.309 e. The van der Waals surface area contributed by atoms with E-state index in [4.69, 9.17) is 5.73 Å². The van der Waals surface area contributed by atoms with Crippen LogP contribution >= 0.6 is 0 Å². The first kappa shape index (κ1) is 47.3. The highest BCUT2D eigenvalue weighted by atomic mass is 16.4. The van der Waals surface area contributed by atoms with E-state index in [0.29, 0.717) is 62.2 Å². The molecular formula is C54H73N3O7. The number of phenolic OH excluding ortho intramolecular Hbond substituents is 2. The number of allylic oxidation sites excluding steroid dienone is 1. The van der Waals surface area contributed by atoms with Gasteiger partial charge in [0.25, 0.3) is 0 Å². The summed E-state index contributed by atoms with van der Waals surface area (Å²) < 4.78 is 0. The highest BCUT2D eigenvalue weighted by Crippen LogP contribution is 2.54. The summed E-state index contributed by atoms with van der Waals surface area (Å²) in [7, 11) is 0. The first-order valence-corrected chi connectivity index (χ1v) is 24.4. The number of aryl methyl sites for hydroxylation is 1. The van der Waals surface area contributed by atoms with E-state index in [-0.39, 0.29) is 60.0 Å². The number of aromatic amines is 1. The van der Waals surface area contributed by atoms with Crippen LogP contribution in [0.1, 0.15) is 144 Å². The summed E-state index contributed by atoms with van der Waals surface area (Å²) in [4.78, 5) is 21.2. The number of hydrogen-bond acceptors (Lipinski definition) is 8. The summed E-state index contributed by atoms with van der Waals surface area (Å²) in [6, 6.07) is 19.1. The summed E-state index contributed by atoms with van der Waals surface area (Å²) in [6.45, 7) is 4.30. The van der Waals surface area contributed by atoms with Gasteiger partial charge in [0.2, 0.25) is 0 Å². The van der Waals surface area contributed by atoms with Crippen molar-refractivity contribution in [3.8, 4) is 22.8 Å². The average Bonchev–Trinajstić information content (AvgIpc) is 3.84. The molecule has 346 valence electrons. The Morgan fingerprint density at radius 3 is 2.39 bits per heavy atom. The van der Waals surface area contributed by atoms with E-state index in [2.05, 4.69) is 42.0 Å².